The normalized spacial score (nSPS) is 10.2. The zero-order valence-electron chi connectivity index (χ0n) is 8.27. The number of hydrogen-bond acceptors (Lipinski definition) is 2. The van der Waals surface area contributed by atoms with E-state index in [0.717, 1.165) is 5.56 Å². The predicted molar refractivity (Wildman–Crippen MR) is 47.5 cm³/mol. The fraction of sp³-hybridized carbons (Fsp3) is 0. The Bertz CT molecular complexity index is 386. The first-order valence-corrected chi connectivity index (χ1v) is 4.68. The Hall–Kier alpha value is -0.533. The van der Waals surface area contributed by atoms with Crippen LogP contribution in [0.1, 0.15) is 6.99 Å². The zero-order chi connectivity index (χ0) is 9.19. The topological polar surface area (TPSA) is 54.4 Å². The van der Waals surface area contributed by atoms with Crippen LogP contribution in [0.4, 0.5) is 0 Å². The summed E-state index contributed by atoms with van der Waals surface area (Å²) in [4.78, 5) is -0.104. The van der Waals surface area contributed by atoms with Crippen molar-refractivity contribution in [2.75, 3.05) is 0 Å². The van der Waals surface area contributed by atoms with Gasteiger partial charge in [0.05, 0.1) is 4.90 Å². The molecule has 1 aromatic rings. The van der Waals surface area contributed by atoms with Gasteiger partial charge >= 0.3 is 18.9 Å². The van der Waals surface area contributed by atoms with E-state index in [1.807, 2.05) is 0 Å². The van der Waals surface area contributed by atoms with Crippen LogP contribution >= 0.6 is 0 Å². The molecule has 0 spiro atoms. The maximum absolute atomic E-state index is 10.6. The van der Waals surface area contributed by atoms with E-state index in [1.165, 1.54) is 12.1 Å². The molecule has 0 fully saturated rings. The van der Waals surface area contributed by atoms with Crippen molar-refractivity contribution in [3.63, 3.8) is 0 Å². The van der Waals surface area contributed by atoms with Crippen LogP contribution in [0.25, 0.3) is 6.08 Å². The monoisotopic (exact) mass is 192 g/mol. The molecule has 0 aliphatic rings. The minimum Gasteiger partial charge on any atom is -1.00 e. The second-order valence-corrected chi connectivity index (χ2v) is 3.67. The summed E-state index contributed by atoms with van der Waals surface area (Å²) in [5.74, 6) is 0. The fourth-order valence-corrected chi connectivity index (χ4v) is 1.26. The number of hydrogen-bond donors (Lipinski definition) is 1. The van der Waals surface area contributed by atoms with E-state index >= 15 is 0 Å². The fourth-order valence-electron chi connectivity index (χ4n) is 0.776. The van der Waals surface area contributed by atoms with Gasteiger partial charge in [-0.3, -0.25) is 4.55 Å². The van der Waals surface area contributed by atoms with Crippen LogP contribution in [0.5, 0.6) is 0 Å². The van der Waals surface area contributed by atoms with Gasteiger partial charge in [0.15, 0.2) is 0 Å². The SMILES string of the molecule is C=Cc1ccc(S(=O)(=O)O)cc1.[H-].[Li+]. The minimum absolute atomic E-state index is 0. The van der Waals surface area contributed by atoms with E-state index < -0.39 is 10.1 Å². The Morgan fingerprint density at radius 2 is 1.77 bits per heavy atom. The van der Waals surface area contributed by atoms with E-state index in [2.05, 4.69) is 6.58 Å². The van der Waals surface area contributed by atoms with Gasteiger partial charge in [0, 0.05) is 0 Å². The standard InChI is InChI=1S/C8H8O3S.Li.H/c1-2-7-3-5-8(6-4-7)12(9,10)11;;/h2-6H,1H2,(H,9,10,11);;/q;+1;-1. The van der Waals surface area contributed by atoms with E-state index in [-0.39, 0.29) is 25.2 Å². The molecule has 0 radical (unpaired) electrons. The first-order chi connectivity index (χ1) is 5.54. The molecule has 0 amide bonds. The van der Waals surface area contributed by atoms with Gasteiger partial charge in [0.1, 0.15) is 0 Å². The summed E-state index contributed by atoms with van der Waals surface area (Å²) in [6, 6.07) is 5.78. The number of benzene rings is 1. The van der Waals surface area contributed by atoms with Gasteiger partial charge in [0.25, 0.3) is 10.1 Å². The molecule has 3 nitrogen and oxygen atoms in total. The molecule has 0 unspecified atom stereocenters. The third-order valence-electron chi connectivity index (χ3n) is 1.41. The van der Waals surface area contributed by atoms with Crippen molar-refractivity contribution >= 4 is 16.2 Å². The molecule has 1 rings (SSSR count). The van der Waals surface area contributed by atoms with Crippen LogP contribution in [-0.2, 0) is 10.1 Å². The predicted octanol–water partition coefficient (Wildman–Crippen LogP) is -1.31. The van der Waals surface area contributed by atoms with Gasteiger partial charge in [-0.05, 0) is 17.7 Å². The van der Waals surface area contributed by atoms with Crippen molar-refractivity contribution in [2.24, 2.45) is 0 Å². The molecule has 1 N–H and O–H groups in total. The Morgan fingerprint density at radius 3 is 2.08 bits per heavy atom. The maximum Gasteiger partial charge on any atom is 1.00 e. The molecule has 0 bridgehead atoms. The Kier molecular flexibility index (Phi) is 4.44. The molecular formula is C8H9LiO3S. The molecule has 0 saturated heterocycles. The minimum atomic E-state index is -4.06. The van der Waals surface area contributed by atoms with E-state index in [1.54, 1.807) is 18.2 Å². The summed E-state index contributed by atoms with van der Waals surface area (Å²) in [5.41, 5.74) is 0.808. The Balaban J connectivity index is 0. The smallest absolute Gasteiger partial charge is 1.00 e. The summed E-state index contributed by atoms with van der Waals surface area (Å²) in [5, 5.41) is 0. The van der Waals surface area contributed by atoms with Crippen molar-refractivity contribution in [1.29, 1.82) is 0 Å². The van der Waals surface area contributed by atoms with Crippen LogP contribution in [0.15, 0.2) is 35.7 Å². The summed E-state index contributed by atoms with van der Waals surface area (Å²) >= 11 is 0. The van der Waals surface area contributed by atoms with Crippen LogP contribution < -0.4 is 18.9 Å². The first kappa shape index (κ1) is 12.5. The van der Waals surface area contributed by atoms with Crippen molar-refractivity contribution in [2.45, 2.75) is 4.90 Å². The van der Waals surface area contributed by atoms with Crippen molar-refractivity contribution in [1.82, 2.24) is 0 Å². The average molecular weight is 192 g/mol. The van der Waals surface area contributed by atoms with Crippen LogP contribution in [0, 0.1) is 0 Å². The molecule has 66 valence electrons. The van der Waals surface area contributed by atoms with Gasteiger partial charge in [-0.15, -0.1) is 0 Å². The average Bonchev–Trinajstić information content (AvgIpc) is 2.03. The summed E-state index contributed by atoms with van der Waals surface area (Å²) in [6.07, 6.45) is 1.59. The van der Waals surface area contributed by atoms with E-state index in [4.69, 9.17) is 4.55 Å². The van der Waals surface area contributed by atoms with Crippen LogP contribution in [0.3, 0.4) is 0 Å². The van der Waals surface area contributed by atoms with Gasteiger partial charge in [-0.2, -0.15) is 8.42 Å². The number of rotatable bonds is 2. The summed E-state index contributed by atoms with van der Waals surface area (Å²) < 4.78 is 29.7. The van der Waals surface area contributed by atoms with Crippen molar-refractivity contribution < 1.29 is 33.3 Å². The molecule has 0 saturated carbocycles. The largest absolute Gasteiger partial charge is 1.00 e. The first-order valence-electron chi connectivity index (χ1n) is 3.24. The third-order valence-corrected chi connectivity index (χ3v) is 2.28. The van der Waals surface area contributed by atoms with E-state index in [0.29, 0.717) is 0 Å². The van der Waals surface area contributed by atoms with Gasteiger partial charge in [-0.25, -0.2) is 0 Å². The van der Waals surface area contributed by atoms with Gasteiger partial charge in [0.2, 0.25) is 0 Å². The quantitative estimate of drug-likeness (QED) is 0.467. The molecule has 13 heavy (non-hydrogen) atoms. The third kappa shape index (κ3) is 3.37. The molecule has 0 aliphatic carbocycles. The molecule has 1 aromatic carbocycles. The van der Waals surface area contributed by atoms with Crippen molar-refractivity contribution in [3.8, 4) is 0 Å². The summed E-state index contributed by atoms with van der Waals surface area (Å²) in [7, 11) is -4.06. The second-order valence-electron chi connectivity index (χ2n) is 2.25. The Labute approximate surface area is 90.9 Å². The van der Waals surface area contributed by atoms with E-state index in [9.17, 15) is 8.42 Å². The van der Waals surface area contributed by atoms with Gasteiger partial charge < -0.3 is 1.43 Å². The second kappa shape index (κ2) is 4.63. The maximum atomic E-state index is 10.6. The zero-order valence-corrected chi connectivity index (χ0v) is 8.08. The molecule has 5 heteroatoms. The molecule has 0 atom stereocenters. The summed E-state index contributed by atoms with van der Waals surface area (Å²) in [6.45, 7) is 3.51. The van der Waals surface area contributed by atoms with Crippen molar-refractivity contribution in [3.05, 3.63) is 36.4 Å². The molecule has 0 aliphatic heterocycles. The van der Waals surface area contributed by atoms with Gasteiger partial charge in [-0.1, -0.05) is 24.8 Å². The van der Waals surface area contributed by atoms with Crippen LogP contribution in [0.2, 0.25) is 0 Å². The molecule has 0 heterocycles. The molecule has 0 aromatic heterocycles. The molecular weight excluding hydrogens is 183 g/mol. The van der Waals surface area contributed by atoms with Crippen LogP contribution in [-0.4, -0.2) is 13.0 Å². The Morgan fingerprint density at radius 1 is 1.31 bits per heavy atom.